The summed E-state index contributed by atoms with van der Waals surface area (Å²) < 4.78 is 39.2. The van der Waals surface area contributed by atoms with Crippen LogP contribution in [0.25, 0.3) is 0 Å². The minimum atomic E-state index is -3.63. The zero-order chi connectivity index (χ0) is 23.0. The quantitative estimate of drug-likeness (QED) is 0.480. The van der Waals surface area contributed by atoms with Gasteiger partial charge in [-0.15, -0.1) is 0 Å². The molecule has 0 fully saturated rings. The van der Waals surface area contributed by atoms with Crippen LogP contribution in [0.1, 0.15) is 55.5 Å². The molecule has 0 radical (unpaired) electrons. The predicted molar refractivity (Wildman–Crippen MR) is 125 cm³/mol. The summed E-state index contributed by atoms with van der Waals surface area (Å²) in [4.78, 5) is 12.5. The Bertz CT molecular complexity index is 981. The number of rotatable bonds is 11. The van der Waals surface area contributed by atoms with E-state index in [1.165, 1.54) is 12.1 Å². The lowest BCUT2D eigenvalue weighted by Crippen LogP contribution is -2.30. The number of amides is 1. The predicted octanol–water partition coefficient (Wildman–Crippen LogP) is 5.39. The number of nitrogens with one attached hydrogen (secondary N) is 1. The summed E-state index contributed by atoms with van der Waals surface area (Å²) in [6, 6.07) is 10.6. The third-order valence-electron chi connectivity index (χ3n) is 5.23. The highest BCUT2D eigenvalue weighted by molar-refractivity contribution is 7.92. The first-order valence-electron chi connectivity index (χ1n) is 10.5. The fourth-order valence-electron chi connectivity index (χ4n) is 3.25. The van der Waals surface area contributed by atoms with Crippen LogP contribution in [0.4, 0.5) is 10.1 Å². The molecule has 5 nitrogen and oxygen atoms in total. The summed E-state index contributed by atoms with van der Waals surface area (Å²) in [5.74, 6) is -0.296. The second-order valence-electron chi connectivity index (χ2n) is 7.69. The van der Waals surface area contributed by atoms with E-state index in [2.05, 4.69) is 19.2 Å². The van der Waals surface area contributed by atoms with Crippen LogP contribution in [0.3, 0.4) is 0 Å². The van der Waals surface area contributed by atoms with Gasteiger partial charge in [0.05, 0.1) is 23.5 Å². The normalized spacial score (nSPS) is 12.4. The van der Waals surface area contributed by atoms with E-state index in [1.54, 1.807) is 24.3 Å². The molecule has 2 aromatic rings. The molecule has 0 aliphatic heterocycles. The Morgan fingerprint density at radius 3 is 2.39 bits per heavy atom. The smallest absolute Gasteiger partial charge is 0.251 e. The van der Waals surface area contributed by atoms with Crippen molar-refractivity contribution in [3.63, 3.8) is 0 Å². The van der Waals surface area contributed by atoms with E-state index in [9.17, 15) is 17.6 Å². The Hall–Kier alpha value is -2.12. The Kier molecular flexibility index (Phi) is 9.32. The van der Waals surface area contributed by atoms with Crippen molar-refractivity contribution in [2.45, 2.75) is 46.1 Å². The van der Waals surface area contributed by atoms with Gasteiger partial charge in [0.2, 0.25) is 10.0 Å². The number of benzene rings is 2. The molecule has 1 amide bonds. The number of unbranched alkanes of at least 4 members (excludes halogenated alkanes) is 1. The van der Waals surface area contributed by atoms with Crippen LogP contribution >= 0.6 is 11.6 Å². The molecular formula is C23H30ClFN2O3S. The molecule has 170 valence electrons. The Morgan fingerprint density at radius 1 is 1.16 bits per heavy atom. The van der Waals surface area contributed by atoms with Crippen LogP contribution < -0.4 is 9.62 Å². The number of carbonyl (C=O) groups is 1. The standard InChI is InChI=1S/C23H30ClFN2O3S/c1-4-6-7-17(5-2)15-26-23(28)19-10-8-18(9-11-19)16-27(31(3,29)30)20-12-13-22(25)21(24)14-20/h8-14,17H,4-7,15-16H2,1-3H3,(H,26,28)/t17-/m0/s1. The van der Waals surface area contributed by atoms with Crippen molar-refractivity contribution in [3.8, 4) is 0 Å². The van der Waals surface area contributed by atoms with Crippen LogP contribution in [-0.2, 0) is 16.6 Å². The summed E-state index contributed by atoms with van der Waals surface area (Å²) >= 11 is 5.82. The number of sulfonamides is 1. The molecule has 0 aliphatic rings. The van der Waals surface area contributed by atoms with Gasteiger partial charge in [-0.05, 0) is 48.2 Å². The van der Waals surface area contributed by atoms with Crippen LogP contribution in [0.5, 0.6) is 0 Å². The van der Waals surface area contributed by atoms with Gasteiger partial charge in [-0.25, -0.2) is 12.8 Å². The van der Waals surface area contributed by atoms with Gasteiger partial charge in [0.1, 0.15) is 5.82 Å². The maximum Gasteiger partial charge on any atom is 0.251 e. The highest BCUT2D eigenvalue weighted by atomic mass is 35.5. The number of carbonyl (C=O) groups excluding carboxylic acids is 1. The summed E-state index contributed by atoms with van der Waals surface area (Å²) in [6.45, 7) is 4.97. The van der Waals surface area contributed by atoms with Crippen molar-refractivity contribution in [2.75, 3.05) is 17.1 Å². The van der Waals surface area contributed by atoms with E-state index in [0.717, 1.165) is 42.3 Å². The van der Waals surface area contributed by atoms with Crippen LogP contribution in [0, 0.1) is 11.7 Å². The Labute approximate surface area is 189 Å². The molecule has 2 aromatic carbocycles. The Balaban J connectivity index is 2.08. The number of anilines is 1. The van der Waals surface area contributed by atoms with E-state index in [-0.39, 0.29) is 23.2 Å². The van der Waals surface area contributed by atoms with E-state index < -0.39 is 15.8 Å². The maximum absolute atomic E-state index is 13.5. The molecule has 8 heteroatoms. The van der Waals surface area contributed by atoms with Gasteiger partial charge in [0, 0.05) is 12.1 Å². The van der Waals surface area contributed by atoms with E-state index in [0.29, 0.717) is 23.6 Å². The van der Waals surface area contributed by atoms with Crippen molar-refractivity contribution < 1.29 is 17.6 Å². The van der Waals surface area contributed by atoms with Crippen molar-refractivity contribution in [3.05, 3.63) is 64.4 Å². The lowest BCUT2D eigenvalue weighted by Gasteiger charge is -2.23. The molecule has 0 saturated carbocycles. The second-order valence-corrected chi connectivity index (χ2v) is 10.0. The number of hydrogen-bond acceptors (Lipinski definition) is 3. The van der Waals surface area contributed by atoms with Crippen LogP contribution in [-0.4, -0.2) is 27.1 Å². The maximum atomic E-state index is 13.5. The molecule has 0 heterocycles. The average Bonchev–Trinajstić information content (AvgIpc) is 2.73. The average molecular weight is 469 g/mol. The number of nitrogens with zero attached hydrogens (tertiary/aromatic N) is 1. The van der Waals surface area contributed by atoms with Crippen LogP contribution in [0.2, 0.25) is 5.02 Å². The second kappa shape index (κ2) is 11.5. The SMILES string of the molecule is CCCC[C@H](CC)CNC(=O)c1ccc(CN(c2ccc(F)c(Cl)c2)S(C)(=O)=O)cc1. The summed E-state index contributed by atoms with van der Waals surface area (Å²) in [5.41, 5.74) is 1.48. The minimum Gasteiger partial charge on any atom is -0.352 e. The largest absolute Gasteiger partial charge is 0.352 e. The molecule has 0 aliphatic carbocycles. The zero-order valence-electron chi connectivity index (χ0n) is 18.2. The first kappa shape index (κ1) is 25.1. The molecule has 31 heavy (non-hydrogen) atoms. The molecule has 1 atom stereocenters. The van der Waals surface area contributed by atoms with Gasteiger partial charge in [-0.3, -0.25) is 9.10 Å². The van der Waals surface area contributed by atoms with E-state index >= 15 is 0 Å². The first-order valence-corrected chi connectivity index (χ1v) is 12.7. The van der Waals surface area contributed by atoms with Gasteiger partial charge in [-0.2, -0.15) is 0 Å². The summed E-state index contributed by atoms with van der Waals surface area (Å²) in [5, 5.41) is 2.83. The van der Waals surface area contributed by atoms with Crippen molar-refractivity contribution in [1.29, 1.82) is 0 Å². The first-order chi connectivity index (χ1) is 14.7. The fourth-order valence-corrected chi connectivity index (χ4v) is 4.30. The third-order valence-corrected chi connectivity index (χ3v) is 6.66. The van der Waals surface area contributed by atoms with Crippen molar-refractivity contribution >= 4 is 33.2 Å². The minimum absolute atomic E-state index is 0.0393. The molecule has 0 unspecified atom stereocenters. The van der Waals surface area contributed by atoms with Gasteiger partial charge >= 0.3 is 0 Å². The van der Waals surface area contributed by atoms with Gasteiger partial charge in [-0.1, -0.05) is 56.8 Å². The lowest BCUT2D eigenvalue weighted by atomic mass is 9.99. The molecule has 0 aromatic heterocycles. The van der Waals surface area contributed by atoms with Gasteiger partial charge < -0.3 is 5.32 Å². The molecule has 0 spiro atoms. The molecular weight excluding hydrogens is 439 g/mol. The molecule has 1 N–H and O–H groups in total. The lowest BCUT2D eigenvalue weighted by molar-refractivity contribution is 0.0946. The summed E-state index contributed by atoms with van der Waals surface area (Å²) in [6.07, 6.45) is 5.49. The highest BCUT2D eigenvalue weighted by Crippen LogP contribution is 2.26. The Morgan fingerprint density at radius 2 is 1.84 bits per heavy atom. The molecule has 0 saturated heterocycles. The molecule has 0 bridgehead atoms. The third kappa shape index (κ3) is 7.51. The van der Waals surface area contributed by atoms with Crippen LogP contribution in [0.15, 0.2) is 42.5 Å². The zero-order valence-corrected chi connectivity index (χ0v) is 19.8. The monoisotopic (exact) mass is 468 g/mol. The number of halogens is 2. The van der Waals surface area contributed by atoms with E-state index in [4.69, 9.17) is 11.6 Å². The van der Waals surface area contributed by atoms with Gasteiger partial charge in [0.15, 0.2) is 0 Å². The highest BCUT2D eigenvalue weighted by Gasteiger charge is 2.19. The summed E-state index contributed by atoms with van der Waals surface area (Å²) in [7, 11) is -3.63. The fraction of sp³-hybridized carbons (Fsp3) is 0.435. The van der Waals surface area contributed by atoms with E-state index in [1.807, 2.05) is 0 Å². The topological polar surface area (TPSA) is 66.5 Å². The van der Waals surface area contributed by atoms with Gasteiger partial charge in [0.25, 0.3) is 5.91 Å². The van der Waals surface area contributed by atoms with Crippen molar-refractivity contribution in [2.24, 2.45) is 5.92 Å². The van der Waals surface area contributed by atoms with Crippen molar-refractivity contribution in [1.82, 2.24) is 5.32 Å². The number of hydrogen-bond donors (Lipinski definition) is 1. The molecule has 2 rings (SSSR count).